The van der Waals surface area contributed by atoms with E-state index in [1.807, 2.05) is 5.32 Å². The summed E-state index contributed by atoms with van der Waals surface area (Å²) < 4.78 is 25.6. The third-order valence-electron chi connectivity index (χ3n) is 1.62. The minimum atomic E-state index is -2.96. The van der Waals surface area contributed by atoms with E-state index in [1.54, 1.807) is 0 Å². The van der Waals surface area contributed by atoms with E-state index in [1.165, 1.54) is 18.2 Å². The van der Waals surface area contributed by atoms with Crippen LogP contribution in [0.1, 0.15) is 12.5 Å². The van der Waals surface area contributed by atoms with Gasteiger partial charge < -0.3 is 5.11 Å². The number of carboxylic acid groups (broad SMARTS) is 1. The van der Waals surface area contributed by atoms with Crippen LogP contribution in [0, 0.1) is 0 Å². The summed E-state index contributed by atoms with van der Waals surface area (Å²) >= 11 is 0. The van der Waals surface area contributed by atoms with E-state index < -0.39 is 12.0 Å². The van der Waals surface area contributed by atoms with Crippen LogP contribution in [0.3, 0.4) is 0 Å². The van der Waals surface area contributed by atoms with Gasteiger partial charge in [-0.05, 0) is 12.1 Å². The van der Waals surface area contributed by atoms with Crippen LogP contribution in [-0.2, 0) is 5.92 Å². The lowest BCUT2D eigenvalue weighted by Gasteiger charge is -2.11. The second kappa shape index (κ2) is 3.61. The Labute approximate surface area is 79.4 Å². The summed E-state index contributed by atoms with van der Waals surface area (Å²) in [6.45, 7) is 0.757. The number of rotatable bonds is 2. The molecule has 1 aromatic rings. The predicted octanol–water partition coefficient (Wildman–Crippen LogP) is 2.89. The Hall–Kier alpha value is -1.65. The van der Waals surface area contributed by atoms with Crippen LogP contribution in [0.25, 0.3) is 0 Å². The number of halogens is 2. The molecule has 0 aliphatic heterocycles. The monoisotopic (exact) mass is 201 g/mol. The molecule has 0 atom stereocenters. The SMILES string of the molecule is CC(F)(F)c1cccc(NC(=O)O)c1. The number of anilines is 1. The Morgan fingerprint density at radius 2 is 2.14 bits per heavy atom. The molecule has 0 saturated carbocycles. The van der Waals surface area contributed by atoms with Gasteiger partial charge in [-0.3, -0.25) is 5.32 Å². The minimum absolute atomic E-state index is 0.136. The van der Waals surface area contributed by atoms with E-state index in [9.17, 15) is 13.6 Å². The van der Waals surface area contributed by atoms with Gasteiger partial charge in [0.1, 0.15) is 0 Å². The molecule has 2 N–H and O–H groups in total. The van der Waals surface area contributed by atoms with Crippen molar-refractivity contribution in [2.45, 2.75) is 12.8 Å². The first-order valence-corrected chi connectivity index (χ1v) is 3.88. The van der Waals surface area contributed by atoms with Gasteiger partial charge in [-0.1, -0.05) is 12.1 Å². The van der Waals surface area contributed by atoms with Crippen molar-refractivity contribution in [1.82, 2.24) is 0 Å². The van der Waals surface area contributed by atoms with Crippen molar-refractivity contribution in [1.29, 1.82) is 0 Å². The molecule has 0 saturated heterocycles. The third-order valence-corrected chi connectivity index (χ3v) is 1.62. The summed E-state index contributed by atoms with van der Waals surface area (Å²) in [4.78, 5) is 10.2. The second-order valence-corrected chi connectivity index (χ2v) is 2.90. The zero-order chi connectivity index (χ0) is 10.8. The van der Waals surface area contributed by atoms with Crippen LogP contribution in [0.4, 0.5) is 19.3 Å². The Morgan fingerprint density at radius 3 is 2.64 bits per heavy atom. The van der Waals surface area contributed by atoms with Crippen LogP contribution < -0.4 is 5.32 Å². The smallest absolute Gasteiger partial charge is 0.409 e. The number of alkyl halides is 2. The summed E-state index contributed by atoms with van der Waals surface area (Å²) in [6.07, 6.45) is -1.28. The van der Waals surface area contributed by atoms with E-state index in [-0.39, 0.29) is 11.3 Å². The van der Waals surface area contributed by atoms with Crippen LogP contribution in [0.2, 0.25) is 0 Å². The van der Waals surface area contributed by atoms with E-state index in [2.05, 4.69) is 0 Å². The van der Waals surface area contributed by atoms with E-state index in [0.29, 0.717) is 0 Å². The molecule has 0 spiro atoms. The summed E-state index contributed by atoms with van der Waals surface area (Å²) in [5, 5.41) is 10.4. The Kier molecular flexibility index (Phi) is 2.69. The maximum atomic E-state index is 12.8. The molecule has 0 fully saturated rings. The van der Waals surface area contributed by atoms with Crippen molar-refractivity contribution in [3.8, 4) is 0 Å². The largest absolute Gasteiger partial charge is 0.465 e. The quantitative estimate of drug-likeness (QED) is 0.772. The zero-order valence-electron chi connectivity index (χ0n) is 7.42. The molecule has 14 heavy (non-hydrogen) atoms. The Balaban J connectivity index is 2.95. The van der Waals surface area contributed by atoms with Crippen molar-refractivity contribution in [3.63, 3.8) is 0 Å². The molecule has 0 aliphatic carbocycles. The van der Waals surface area contributed by atoms with E-state index in [4.69, 9.17) is 5.11 Å². The highest BCUT2D eigenvalue weighted by molar-refractivity contribution is 5.82. The molecule has 0 heterocycles. The molecule has 0 bridgehead atoms. The van der Waals surface area contributed by atoms with Crippen molar-refractivity contribution in [2.75, 3.05) is 5.32 Å². The Bertz CT molecular complexity index is 347. The van der Waals surface area contributed by atoms with Gasteiger partial charge in [-0.15, -0.1) is 0 Å². The molecule has 5 heteroatoms. The molecule has 0 aromatic heterocycles. The first kappa shape index (κ1) is 10.4. The topological polar surface area (TPSA) is 49.3 Å². The first-order valence-electron chi connectivity index (χ1n) is 3.88. The summed E-state index contributed by atoms with van der Waals surface area (Å²) in [5.74, 6) is -2.96. The van der Waals surface area contributed by atoms with Gasteiger partial charge in [0, 0.05) is 18.2 Å². The average Bonchev–Trinajstić information content (AvgIpc) is 2.01. The molecule has 0 unspecified atom stereocenters. The van der Waals surface area contributed by atoms with Gasteiger partial charge in [0.05, 0.1) is 0 Å². The highest BCUT2D eigenvalue weighted by Gasteiger charge is 2.24. The highest BCUT2D eigenvalue weighted by atomic mass is 19.3. The van der Waals surface area contributed by atoms with Crippen LogP contribution in [0.15, 0.2) is 24.3 Å². The molecule has 76 valence electrons. The van der Waals surface area contributed by atoms with Crippen LogP contribution >= 0.6 is 0 Å². The summed E-state index contributed by atoms with van der Waals surface area (Å²) in [6, 6.07) is 5.13. The number of hydrogen-bond acceptors (Lipinski definition) is 1. The second-order valence-electron chi connectivity index (χ2n) is 2.90. The standard InChI is InChI=1S/C9H9F2NO2/c1-9(10,11)6-3-2-4-7(5-6)12-8(13)14/h2-5,12H,1H3,(H,13,14). The van der Waals surface area contributed by atoms with Crippen molar-refractivity contribution < 1.29 is 18.7 Å². The molecular formula is C9H9F2NO2. The fourth-order valence-electron chi connectivity index (χ4n) is 0.993. The van der Waals surface area contributed by atoms with Gasteiger partial charge in [0.15, 0.2) is 0 Å². The summed E-state index contributed by atoms with van der Waals surface area (Å²) in [5.41, 5.74) is -0.0831. The third kappa shape index (κ3) is 2.69. The summed E-state index contributed by atoms with van der Waals surface area (Å²) in [7, 11) is 0. The number of nitrogens with one attached hydrogen (secondary N) is 1. The normalized spacial score (nSPS) is 11.1. The molecule has 1 rings (SSSR count). The molecule has 0 aliphatic rings. The number of carbonyl (C=O) groups is 1. The molecule has 1 amide bonds. The van der Waals surface area contributed by atoms with Crippen molar-refractivity contribution in [2.24, 2.45) is 0 Å². The van der Waals surface area contributed by atoms with E-state index >= 15 is 0 Å². The van der Waals surface area contributed by atoms with E-state index in [0.717, 1.165) is 13.0 Å². The maximum Gasteiger partial charge on any atom is 0.409 e. The lowest BCUT2D eigenvalue weighted by Crippen LogP contribution is -2.10. The van der Waals surface area contributed by atoms with Crippen LogP contribution in [0.5, 0.6) is 0 Å². The lowest BCUT2D eigenvalue weighted by atomic mass is 10.1. The van der Waals surface area contributed by atoms with Gasteiger partial charge in [-0.25, -0.2) is 13.6 Å². The molecular weight excluding hydrogens is 192 g/mol. The fourth-order valence-corrected chi connectivity index (χ4v) is 0.993. The van der Waals surface area contributed by atoms with Crippen molar-refractivity contribution in [3.05, 3.63) is 29.8 Å². The zero-order valence-corrected chi connectivity index (χ0v) is 7.42. The Morgan fingerprint density at radius 1 is 1.50 bits per heavy atom. The number of amides is 1. The number of hydrogen-bond donors (Lipinski definition) is 2. The molecule has 1 aromatic carbocycles. The number of benzene rings is 1. The van der Waals surface area contributed by atoms with Gasteiger partial charge in [-0.2, -0.15) is 0 Å². The first-order chi connectivity index (χ1) is 6.39. The molecule has 0 radical (unpaired) electrons. The average molecular weight is 201 g/mol. The maximum absolute atomic E-state index is 12.8. The van der Waals surface area contributed by atoms with Crippen molar-refractivity contribution >= 4 is 11.8 Å². The molecule has 3 nitrogen and oxygen atoms in total. The van der Waals surface area contributed by atoms with Gasteiger partial charge in [0.25, 0.3) is 5.92 Å². The minimum Gasteiger partial charge on any atom is -0.465 e. The fraction of sp³-hybridized carbons (Fsp3) is 0.222. The lowest BCUT2D eigenvalue weighted by molar-refractivity contribution is 0.0175. The van der Waals surface area contributed by atoms with Crippen LogP contribution in [-0.4, -0.2) is 11.2 Å². The highest BCUT2D eigenvalue weighted by Crippen LogP contribution is 2.28. The van der Waals surface area contributed by atoms with Gasteiger partial charge in [0.2, 0.25) is 0 Å². The van der Waals surface area contributed by atoms with Gasteiger partial charge >= 0.3 is 6.09 Å². The predicted molar refractivity (Wildman–Crippen MR) is 47.7 cm³/mol.